The van der Waals surface area contributed by atoms with E-state index in [0.29, 0.717) is 12.0 Å². The number of anilines is 1. The summed E-state index contributed by atoms with van der Waals surface area (Å²) in [5.41, 5.74) is 4.06. The van der Waals surface area contributed by atoms with Crippen molar-refractivity contribution < 1.29 is 19.0 Å². The summed E-state index contributed by atoms with van der Waals surface area (Å²) in [4.78, 5) is 29.6. The molecular formula is C28H33N3O5. The quantitative estimate of drug-likeness (QED) is 0.503. The number of nitrogens with two attached hydrogens (primary N) is 1. The summed E-state index contributed by atoms with van der Waals surface area (Å²) in [5, 5.41) is 0. The highest BCUT2D eigenvalue weighted by Gasteiger charge is 2.64. The van der Waals surface area contributed by atoms with Gasteiger partial charge in [0.05, 0.1) is 23.7 Å². The number of esters is 1. The fourth-order valence-electron chi connectivity index (χ4n) is 4.98. The van der Waals surface area contributed by atoms with Crippen LogP contribution in [0.25, 0.3) is 0 Å². The molecule has 1 aliphatic rings. The summed E-state index contributed by atoms with van der Waals surface area (Å²) in [6.07, 6.45) is 1.59. The Labute approximate surface area is 211 Å². The predicted octanol–water partition coefficient (Wildman–Crippen LogP) is 3.63. The Hall–Kier alpha value is -3.49. The third kappa shape index (κ3) is 4.79. The van der Waals surface area contributed by atoms with E-state index in [9.17, 15) is 9.59 Å². The largest absolute Gasteiger partial charge is 0.465 e. The molecule has 2 aromatic carbocycles. The first-order valence-electron chi connectivity index (χ1n) is 12.0. The molecule has 1 fully saturated rings. The second-order valence-corrected chi connectivity index (χ2v) is 10.1. The van der Waals surface area contributed by atoms with Crippen molar-refractivity contribution >= 4 is 11.8 Å². The molecule has 1 aromatic heterocycles. The van der Waals surface area contributed by atoms with Crippen molar-refractivity contribution in [2.75, 3.05) is 18.9 Å². The van der Waals surface area contributed by atoms with Crippen molar-refractivity contribution in [1.29, 1.82) is 0 Å². The standard InChI is InChI=1S/C28H33N3O5/c1-20(32)34-19-27(21-11-7-5-8-12-21)17-23(18-35-26(2,3)4)36-28(27,22-13-9-6-10-14-22)31-16-15-24(29)30-25(31)33/h5-16,23H,17-19H2,1-4H3,(H2,29,30,33)/t23-,27-,28+/m0/s1. The molecule has 2 heterocycles. The molecule has 8 nitrogen and oxygen atoms in total. The summed E-state index contributed by atoms with van der Waals surface area (Å²) in [7, 11) is 0. The van der Waals surface area contributed by atoms with Gasteiger partial charge in [0, 0.05) is 18.7 Å². The Morgan fingerprint density at radius 2 is 1.69 bits per heavy atom. The van der Waals surface area contributed by atoms with Gasteiger partial charge in [0.25, 0.3) is 0 Å². The number of nitrogen functional groups attached to an aromatic ring is 1. The molecule has 4 rings (SSSR count). The van der Waals surface area contributed by atoms with E-state index < -0.39 is 34.5 Å². The predicted molar refractivity (Wildman–Crippen MR) is 136 cm³/mol. The van der Waals surface area contributed by atoms with Crippen LogP contribution < -0.4 is 11.4 Å². The molecule has 1 aliphatic heterocycles. The molecule has 0 amide bonds. The Balaban J connectivity index is 2.04. The van der Waals surface area contributed by atoms with Gasteiger partial charge < -0.3 is 19.9 Å². The van der Waals surface area contributed by atoms with Gasteiger partial charge in [0.2, 0.25) is 0 Å². The van der Waals surface area contributed by atoms with Gasteiger partial charge in [0.1, 0.15) is 12.4 Å². The Morgan fingerprint density at radius 1 is 1.08 bits per heavy atom. The first-order chi connectivity index (χ1) is 17.1. The number of benzene rings is 2. The van der Waals surface area contributed by atoms with Gasteiger partial charge >= 0.3 is 11.7 Å². The Morgan fingerprint density at radius 3 is 2.25 bits per heavy atom. The average molecular weight is 492 g/mol. The number of hydrogen-bond donors (Lipinski definition) is 1. The molecule has 2 N–H and O–H groups in total. The normalized spacial score (nSPS) is 23.9. The maximum atomic E-state index is 13.4. The molecule has 0 aliphatic carbocycles. The van der Waals surface area contributed by atoms with E-state index in [2.05, 4.69) is 4.98 Å². The maximum Gasteiger partial charge on any atom is 0.352 e. The summed E-state index contributed by atoms with van der Waals surface area (Å²) < 4.78 is 20.2. The molecule has 0 radical (unpaired) electrons. The lowest BCUT2D eigenvalue weighted by Crippen LogP contribution is -2.57. The fourth-order valence-corrected chi connectivity index (χ4v) is 4.98. The van der Waals surface area contributed by atoms with E-state index in [1.165, 1.54) is 11.5 Å². The third-order valence-electron chi connectivity index (χ3n) is 6.44. The van der Waals surface area contributed by atoms with Crippen LogP contribution in [0.1, 0.15) is 45.2 Å². The number of carbonyl (C=O) groups excluding carboxylic acids is 1. The molecular weight excluding hydrogens is 458 g/mol. The van der Waals surface area contributed by atoms with Gasteiger partial charge in [0.15, 0.2) is 5.72 Å². The molecule has 36 heavy (non-hydrogen) atoms. The van der Waals surface area contributed by atoms with Gasteiger partial charge in [-0.15, -0.1) is 0 Å². The minimum Gasteiger partial charge on any atom is -0.465 e. The zero-order valence-electron chi connectivity index (χ0n) is 21.1. The van der Waals surface area contributed by atoms with Crippen LogP contribution in [0.3, 0.4) is 0 Å². The van der Waals surface area contributed by atoms with Crippen molar-refractivity contribution in [2.45, 2.75) is 57.0 Å². The van der Waals surface area contributed by atoms with Gasteiger partial charge in [-0.25, -0.2) is 4.79 Å². The van der Waals surface area contributed by atoms with E-state index in [4.69, 9.17) is 19.9 Å². The van der Waals surface area contributed by atoms with Gasteiger partial charge in [-0.1, -0.05) is 60.7 Å². The zero-order chi connectivity index (χ0) is 26.0. The fraction of sp³-hybridized carbons (Fsp3) is 0.393. The highest BCUT2D eigenvalue weighted by atomic mass is 16.6. The van der Waals surface area contributed by atoms with Crippen molar-refractivity contribution in [3.05, 3.63) is 94.5 Å². The highest BCUT2D eigenvalue weighted by Crippen LogP contribution is 2.55. The summed E-state index contributed by atoms with van der Waals surface area (Å²) in [6, 6.07) is 20.7. The molecule has 0 bridgehead atoms. The summed E-state index contributed by atoms with van der Waals surface area (Å²) in [5.74, 6) is -0.320. The number of carbonyl (C=O) groups is 1. The second kappa shape index (κ2) is 9.87. The van der Waals surface area contributed by atoms with E-state index in [0.717, 1.165) is 5.56 Å². The molecule has 0 saturated carbocycles. The van der Waals surface area contributed by atoms with Crippen molar-refractivity contribution in [1.82, 2.24) is 9.55 Å². The Kier molecular flexibility index (Phi) is 7.02. The smallest absolute Gasteiger partial charge is 0.352 e. The van der Waals surface area contributed by atoms with Crippen LogP contribution in [0.15, 0.2) is 77.7 Å². The highest BCUT2D eigenvalue weighted by molar-refractivity contribution is 5.66. The molecule has 3 atom stereocenters. The van der Waals surface area contributed by atoms with E-state index in [1.54, 1.807) is 12.3 Å². The molecule has 190 valence electrons. The molecule has 1 saturated heterocycles. The molecule has 3 aromatic rings. The number of ether oxygens (including phenoxy) is 3. The molecule has 8 heteroatoms. The maximum absolute atomic E-state index is 13.4. The van der Waals surface area contributed by atoms with Crippen molar-refractivity contribution in [3.8, 4) is 0 Å². The van der Waals surface area contributed by atoms with Crippen LogP contribution in [-0.2, 0) is 30.1 Å². The minimum absolute atomic E-state index is 0.0237. The first-order valence-corrected chi connectivity index (χ1v) is 12.0. The summed E-state index contributed by atoms with van der Waals surface area (Å²) >= 11 is 0. The van der Waals surface area contributed by atoms with Crippen LogP contribution in [0.2, 0.25) is 0 Å². The zero-order valence-corrected chi connectivity index (χ0v) is 21.1. The molecule has 0 unspecified atom stereocenters. The van der Waals surface area contributed by atoms with Crippen LogP contribution in [0.5, 0.6) is 0 Å². The Bertz CT molecular complexity index is 1260. The number of hydrogen-bond acceptors (Lipinski definition) is 7. The van der Waals surface area contributed by atoms with Crippen LogP contribution in [0, 0.1) is 0 Å². The van der Waals surface area contributed by atoms with E-state index in [-0.39, 0.29) is 19.0 Å². The van der Waals surface area contributed by atoms with E-state index >= 15 is 0 Å². The van der Waals surface area contributed by atoms with Crippen molar-refractivity contribution in [2.24, 2.45) is 0 Å². The number of rotatable bonds is 7. The van der Waals surface area contributed by atoms with Crippen LogP contribution in [-0.4, -0.2) is 40.4 Å². The number of aromatic nitrogens is 2. The third-order valence-corrected chi connectivity index (χ3v) is 6.44. The van der Waals surface area contributed by atoms with Crippen molar-refractivity contribution in [3.63, 3.8) is 0 Å². The lowest BCUT2D eigenvalue weighted by Gasteiger charge is -2.45. The summed E-state index contributed by atoms with van der Waals surface area (Å²) in [6.45, 7) is 7.56. The van der Waals surface area contributed by atoms with Gasteiger partial charge in [-0.05, 0) is 38.8 Å². The average Bonchev–Trinajstić information content (AvgIpc) is 3.18. The lowest BCUT2D eigenvalue weighted by molar-refractivity contribution is -0.154. The number of nitrogens with zero attached hydrogens (tertiary/aromatic N) is 2. The van der Waals surface area contributed by atoms with Gasteiger partial charge in [-0.2, -0.15) is 4.98 Å². The van der Waals surface area contributed by atoms with E-state index in [1.807, 2.05) is 81.4 Å². The van der Waals surface area contributed by atoms with Gasteiger partial charge in [-0.3, -0.25) is 9.36 Å². The lowest BCUT2D eigenvalue weighted by atomic mass is 9.68. The monoisotopic (exact) mass is 491 g/mol. The SMILES string of the molecule is CC(=O)OC[C@]1(c2ccccc2)C[C@@H](COC(C)(C)C)O[C@@]1(c1ccccc1)n1ccc(N)nc1=O. The minimum atomic E-state index is -1.41. The topological polar surface area (TPSA) is 106 Å². The second-order valence-electron chi connectivity index (χ2n) is 10.1. The first kappa shape index (κ1) is 25.6. The molecule has 0 spiro atoms. The van der Waals surface area contributed by atoms with Crippen LogP contribution in [0.4, 0.5) is 5.82 Å². The van der Waals surface area contributed by atoms with Crippen LogP contribution >= 0.6 is 0 Å².